The van der Waals surface area contributed by atoms with Crippen LogP contribution in [-0.2, 0) is 21.2 Å². The van der Waals surface area contributed by atoms with Gasteiger partial charge in [0.25, 0.3) is 5.91 Å². The Morgan fingerprint density at radius 2 is 1.53 bits per heavy atom. The minimum Gasteiger partial charge on any atom is -0.368 e. The van der Waals surface area contributed by atoms with E-state index in [-0.39, 0.29) is 12.8 Å². The van der Waals surface area contributed by atoms with Crippen molar-refractivity contribution in [3.05, 3.63) is 27.8 Å². The third-order valence-corrected chi connectivity index (χ3v) is 10.7. The van der Waals surface area contributed by atoms with Gasteiger partial charge in [-0.3, -0.25) is 10.0 Å². The second-order valence-corrected chi connectivity index (χ2v) is 12.1. The van der Waals surface area contributed by atoms with E-state index < -0.39 is 20.7 Å². The smallest absolute Gasteiger partial charge is 0.266 e. The van der Waals surface area contributed by atoms with Gasteiger partial charge in [0.15, 0.2) is 4.75 Å². The van der Waals surface area contributed by atoms with E-state index in [0.29, 0.717) is 39.3 Å². The van der Waals surface area contributed by atoms with Crippen LogP contribution in [0.1, 0.15) is 66.8 Å². The molecule has 0 bridgehead atoms. The summed E-state index contributed by atoms with van der Waals surface area (Å²) in [5, 5.41) is 12.4. The van der Waals surface area contributed by atoms with Crippen LogP contribution < -0.4 is 15.7 Å². The van der Waals surface area contributed by atoms with E-state index in [1.165, 1.54) is 57.1 Å². The number of benzene rings is 1. The Kier molecular flexibility index (Phi) is 8.65. The summed E-state index contributed by atoms with van der Waals surface area (Å²) >= 11 is 0. The van der Waals surface area contributed by atoms with Crippen LogP contribution in [0.5, 0.6) is 0 Å². The number of sulfonamides is 1. The van der Waals surface area contributed by atoms with Gasteiger partial charge in [-0.05, 0) is 94.3 Å². The van der Waals surface area contributed by atoms with Gasteiger partial charge in [-0.2, -0.15) is 4.31 Å². The molecule has 0 saturated carbocycles. The Bertz CT molecular complexity index is 966. The lowest BCUT2D eigenvalue weighted by atomic mass is 9.88. The monoisotopic (exact) mass is 494 g/mol. The number of rotatable bonds is 8. The van der Waals surface area contributed by atoms with E-state index in [2.05, 4.69) is 44.8 Å². The van der Waals surface area contributed by atoms with E-state index in [9.17, 15) is 18.4 Å². The van der Waals surface area contributed by atoms with E-state index in [4.69, 9.17) is 0 Å². The zero-order valence-corrected chi connectivity index (χ0v) is 22.3. The van der Waals surface area contributed by atoms with Gasteiger partial charge < -0.3 is 10.2 Å². The number of unbranched alkanes of at least 4 members (excludes halogenated alkanes) is 2. The molecule has 192 valence electrons. The Balaban J connectivity index is 1.82. The second kappa shape index (κ2) is 10.9. The number of hydrogen-bond donors (Lipinski definition) is 3. The molecule has 2 fully saturated rings. The van der Waals surface area contributed by atoms with Crippen molar-refractivity contribution in [3.63, 3.8) is 0 Å². The highest BCUT2D eigenvalue weighted by Gasteiger charge is 2.54. The maximum atomic E-state index is 13.6. The fourth-order valence-corrected chi connectivity index (χ4v) is 7.84. The van der Waals surface area contributed by atoms with Crippen LogP contribution in [0.15, 0.2) is 0 Å². The third kappa shape index (κ3) is 4.72. The summed E-state index contributed by atoms with van der Waals surface area (Å²) in [4.78, 5) is 14.8. The average molecular weight is 495 g/mol. The lowest BCUT2D eigenvalue weighted by molar-refractivity contribution is -0.132. The third-order valence-electron chi connectivity index (χ3n) is 8.09. The largest absolute Gasteiger partial charge is 0.368 e. The van der Waals surface area contributed by atoms with Crippen molar-refractivity contribution in [3.8, 4) is 0 Å². The number of carbonyl (C=O) groups excluding carboxylic acids is 1. The lowest BCUT2D eigenvalue weighted by Crippen LogP contribution is -2.63. The molecule has 0 atom stereocenters. The van der Waals surface area contributed by atoms with Crippen LogP contribution in [-0.4, -0.2) is 67.9 Å². The molecule has 9 heteroatoms. The SMILES string of the molecule is CCCCCc1c(C)c(C)c(N2CCN(S(=O)(=O)C3(C(=O)NO)CCNCC3)CC2)c(C)c1C. The quantitative estimate of drug-likeness (QED) is 0.292. The van der Waals surface area contributed by atoms with Crippen molar-refractivity contribution >= 4 is 21.6 Å². The van der Waals surface area contributed by atoms with Crippen molar-refractivity contribution in [2.75, 3.05) is 44.2 Å². The van der Waals surface area contributed by atoms with Crippen molar-refractivity contribution in [1.82, 2.24) is 15.1 Å². The van der Waals surface area contributed by atoms with Crippen LogP contribution in [0.25, 0.3) is 0 Å². The molecular formula is C25H42N4O4S. The van der Waals surface area contributed by atoms with Crippen LogP contribution in [0.2, 0.25) is 0 Å². The lowest BCUT2D eigenvalue weighted by Gasteiger charge is -2.43. The van der Waals surface area contributed by atoms with Crippen LogP contribution in [0.4, 0.5) is 5.69 Å². The molecule has 2 aliphatic heterocycles. The molecule has 0 radical (unpaired) electrons. The molecule has 1 aromatic carbocycles. The molecule has 0 aliphatic carbocycles. The summed E-state index contributed by atoms with van der Waals surface area (Å²) in [7, 11) is -3.93. The first-order chi connectivity index (χ1) is 16.1. The van der Waals surface area contributed by atoms with E-state index in [0.717, 1.165) is 6.42 Å². The number of piperazine rings is 1. The zero-order chi connectivity index (χ0) is 25.1. The number of carbonyl (C=O) groups is 1. The van der Waals surface area contributed by atoms with Crippen LogP contribution in [0.3, 0.4) is 0 Å². The molecule has 2 saturated heterocycles. The first kappa shape index (κ1) is 26.9. The fraction of sp³-hybridized carbons (Fsp3) is 0.720. The number of anilines is 1. The molecule has 0 spiro atoms. The van der Waals surface area contributed by atoms with E-state index in [1.54, 1.807) is 5.48 Å². The van der Waals surface area contributed by atoms with Gasteiger partial charge in [-0.1, -0.05) is 19.8 Å². The van der Waals surface area contributed by atoms with E-state index >= 15 is 0 Å². The second-order valence-electron chi connectivity index (χ2n) is 9.86. The van der Waals surface area contributed by atoms with Gasteiger partial charge in [0.2, 0.25) is 10.0 Å². The van der Waals surface area contributed by atoms with Crippen molar-refractivity contribution < 1.29 is 18.4 Å². The predicted octanol–water partition coefficient (Wildman–Crippen LogP) is 2.73. The molecule has 1 amide bonds. The Hall–Kier alpha value is -1.68. The highest BCUT2D eigenvalue weighted by molar-refractivity contribution is 7.91. The molecule has 0 aromatic heterocycles. The Morgan fingerprint density at radius 3 is 2.03 bits per heavy atom. The van der Waals surface area contributed by atoms with Gasteiger partial charge in [0.05, 0.1) is 0 Å². The summed E-state index contributed by atoms with van der Waals surface area (Å²) < 4.78 is 27.1. The minimum absolute atomic E-state index is 0.151. The fourth-order valence-electron chi connectivity index (χ4n) is 5.71. The molecule has 8 nitrogen and oxygen atoms in total. The predicted molar refractivity (Wildman–Crippen MR) is 136 cm³/mol. The number of hydroxylamine groups is 1. The zero-order valence-electron chi connectivity index (χ0n) is 21.5. The molecule has 2 aliphatic rings. The first-order valence-corrected chi connectivity index (χ1v) is 14.1. The summed E-state index contributed by atoms with van der Waals surface area (Å²) in [5.41, 5.74) is 9.54. The normalized spacial score (nSPS) is 19.3. The topological polar surface area (TPSA) is 102 Å². The van der Waals surface area contributed by atoms with Gasteiger partial charge in [-0.15, -0.1) is 0 Å². The van der Waals surface area contributed by atoms with Crippen LogP contribution in [0, 0.1) is 27.7 Å². The summed E-state index contributed by atoms with van der Waals surface area (Å²) in [6, 6.07) is 0. The van der Waals surface area contributed by atoms with Gasteiger partial charge >= 0.3 is 0 Å². The highest BCUT2D eigenvalue weighted by Crippen LogP contribution is 2.36. The maximum Gasteiger partial charge on any atom is 0.266 e. The first-order valence-electron chi connectivity index (χ1n) is 12.6. The maximum absolute atomic E-state index is 13.6. The van der Waals surface area contributed by atoms with Crippen molar-refractivity contribution in [2.45, 2.75) is 77.9 Å². The minimum atomic E-state index is -3.93. The standard InChI is InChI=1S/C25H42N4O4S/c1-6-7-8-9-22-18(2)20(4)23(21(5)19(22)3)28-14-16-29(17-15-28)34(32,33)25(24(30)27-31)10-12-26-13-11-25/h26,31H,6-17H2,1-5H3,(H,27,30). The number of amides is 1. The average Bonchev–Trinajstić information content (AvgIpc) is 2.85. The van der Waals surface area contributed by atoms with Crippen molar-refractivity contribution in [1.29, 1.82) is 0 Å². The summed E-state index contributed by atoms with van der Waals surface area (Å²) in [6.07, 6.45) is 5.05. The Labute approximate surface area is 205 Å². The molecule has 0 unspecified atom stereocenters. The number of hydrogen-bond acceptors (Lipinski definition) is 6. The van der Waals surface area contributed by atoms with Gasteiger partial charge in [0.1, 0.15) is 0 Å². The van der Waals surface area contributed by atoms with Gasteiger partial charge in [-0.25, -0.2) is 13.9 Å². The molecule has 1 aromatic rings. The van der Waals surface area contributed by atoms with Gasteiger partial charge in [0, 0.05) is 31.9 Å². The summed E-state index contributed by atoms with van der Waals surface area (Å²) in [5.74, 6) is -0.826. The van der Waals surface area contributed by atoms with Crippen molar-refractivity contribution in [2.24, 2.45) is 0 Å². The van der Waals surface area contributed by atoms with E-state index in [1.807, 2.05) is 0 Å². The number of nitrogens with one attached hydrogen (secondary N) is 2. The molecule has 34 heavy (non-hydrogen) atoms. The highest BCUT2D eigenvalue weighted by atomic mass is 32.2. The number of nitrogens with zero attached hydrogens (tertiary/aromatic N) is 2. The molecule has 3 rings (SSSR count). The summed E-state index contributed by atoms with van der Waals surface area (Å²) in [6.45, 7) is 13.7. The number of piperidine rings is 1. The molecular weight excluding hydrogens is 452 g/mol. The molecule has 3 N–H and O–H groups in total. The van der Waals surface area contributed by atoms with Crippen LogP contribution >= 0.6 is 0 Å². The molecule has 2 heterocycles. The Morgan fingerprint density at radius 1 is 0.971 bits per heavy atom.